The number of carbonyl (C=O) groups is 1. The molecule has 0 aromatic heterocycles. The van der Waals surface area contributed by atoms with Crippen LogP contribution in [0, 0.1) is 5.82 Å². The summed E-state index contributed by atoms with van der Waals surface area (Å²) in [4.78, 5) is 14.3. The highest BCUT2D eigenvalue weighted by molar-refractivity contribution is 6.32. The van der Waals surface area contributed by atoms with Crippen LogP contribution in [0.4, 0.5) is 15.8 Å². The molecule has 2 aromatic carbocycles. The monoisotopic (exact) mass is 378 g/mol. The highest BCUT2D eigenvalue weighted by Crippen LogP contribution is 2.36. The number of amides is 1. The van der Waals surface area contributed by atoms with E-state index in [0.717, 1.165) is 18.4 Å². The number of anilines is 2. The normalized spacial score (nSPS) is 13.2. The minimum absolute atomic E-state index is 0.0424. The maximum atomic E-state index is 14.2. The number of carbonyl (C=O) groups excluding carboxylic acids is 1. The predicted octanol–water partition coefficient (Wildman–Crippen LogP) is 3.89. The van der Waals surface area contributed by atoms with E-state index in [9.17, 15) is 9.18 Å². The van der Waals surface area contributed by atoms with Gasteiger partial charge in [0.1, 0.15) is 17.3 Å². The standard InChI is InChI=1S/C19H20ClFN2O3/c1-25-16-10-17(26-2)15(9-13(16)20)22-18(24)11-23-8-4-6-12-5-3-7-14(21)19(12)23/h3,5,7,9-10H,4,6,8,11H2,1-2H3,(H,22,24). The van der Waals surface area contributed by atoms with E-state index < -0.39 is 0 Å². The number of fused-ring (bicyclic) bond motifs is 1. The summed E-state index contributed by atoms with van der Waals surface area (Å²) in [5.41, 5.74) is 1.87. The third kappa shape index (κ3) is 3.70. The van der Waals surface area contributed by atoms with Gasteiger partial charge in [0.2, 0.25) is 5.91 Å². The van der Waals surface area contributed by atoms with Crippen LogP contribution < -0.4 is 19.7 Å². The van der Waals surface area contributed by atoms with Crippen LogP contribution in [0.5, 0.6) is 11.5 Å². The van der Waals surface area contributed by atoms with E-state index in [1.165, 1.54) is 20.3 Å². The Morgan fingerprint density at radius 3 is 2.77 bits per heavy atom. The van der Waals surface area contributed by atoms with E-state index in [0.29, 0.717) is 34.4 Å². The molecule has 5 nitrogen and oxygen atoms in total. The molecule has 0 saturated heterocycles. The summed E-state index contributed by atoms with van der Waals surface area (Å²) in [6, 6.07) is 8.19. The Bertz CT molecular complexity index is 829. The summed E-state index contributed by atoms with van der Waals surface area (Å²) in [6.45, 7) is 0.669. The third-order valence-electron chi connectivity index (χ3n) is 4.34. The minimum Gasteiger partial charge on any atom is -0.495 e. The fraction of sp³-hybridized carbons (Fsp3) is 0.316. The largest absolute Gasteiger partial charge is 0.495 e. The molecule has 0 unspecified atom stereocenters. The lowest BCUT2D eigenvalue weighted by Crippen LogP contribution is -2.37. The number of nitrogens with zero attached hydrogens (tertiary/aromatic N) is 1. The van der Waals surface area contributed by atoms with Gasteiger partial charge >= 0.3 is 0 Å². The number of rotatable bonds is 5. The molecule has 7 heteroatoms. The van der Waals surface area contributed by atoms with Crippen molar-refractivity contribution in [2.75, 3.05) is 37.5 Å². The summed E-state index contributed by atoms with van der Waals surface area (Å²) >= 11 is 6.13. The molecule has 0 saturated carbocycles. The highest BCUT2D eigenvalue weighted by atomic mass is 35.5. The van der Waals surface area contributed by atoms with Gasteiger partial charge in [-0.1, -0.05) is 23.7 Å². The van der Waals surface area contributed by atoms with Crippen molar-refractivity contribution in [2.24, 2.45) is 0 Å². The van der Waals surface area contributed by atoms with Gasteiger partial charge in [0.05, 0.1) is 37.2 Å². The van der Waals surface area contributed by atoms with Crippen molar-refractivity contribution in [1.29, 1.82) is 0 Å². The van der Waals surface area contributed by atoms with Gasteiger partial charge in [-0.05, 0) is 30.5 Å². The lowest BCUT2D eigenvalue weighted by molar-refractivity contribution is -0.115. The number of ether oxygens (including phenoxy) is 2. The van der Waals surface area contributed by atoms with Crippen LogP contribution in [0.1, 0.15) is 12.0 Å². The molecular formula is C19H20ClFN2O3. The van der Waals surface area contributed by atoms with Gasteiger partial charge in [0, 0.05) is 12.6 Å². The maximum Gasteiger partial charge on any atom is 0.243 e. The van der Waals surface area contributed by atoms with Crippen LogP contribution in [0.3, 0.4) is 0 Å². The SMILES string of the molecule is COc1cc(OC)c(NC(=O)CN2CCCc3cccc(F)c32)cc1Cl. The Balaban J connectivity index is 1.78. The quantitative estimate of drug-likeness (QED) is 0.857. The van der Waals surface area contributed by atoms with E-state index >= 15 is 0 Å². The first kappa shape index (κ1) is 18.3. The van der Waals surface area contributed by atoms with Gasteiger partial charge in [-0.2, -0.15) is 0 Å². The van der Waals surface area contributed by atoms with Crippen molar-refractivity contribution < 1.29 is 18.7 Å². The topological polar surface area (TPSA) is 50.8 Å². The van der Waals surface area contributed by atoms with Crippen molar-refractivity contribution in [3.8, 4) is 11.5 Å². The highest BCUT2D eigenvalue weighted by Gasteiger charge is 2.23. The van der Waals surface area contributed by atoms with Crippen molar-refractivity contribution in [3.63, 3.8) is 0 Å². The van der Waals surface area contributed by atoms with Gasteiger partial charge < -0.3 is 19.7 Å². The van der Waals surface area contributed by atoms with Crippen molar-refractivity contribution in [1.82, 2.24) is 0 Å². The molecule has 1 N–H and O–H groups in total. The van der Waals surface area contributed by atoms with E-state index in [-0.39, 0.29) is 18.3 Å². The Kier molecular flexibility index (Phi) is 5.52. The van der Waals surface area contributed by atoms with Crippen LogP contribution >= 0.6 is 11.6 Å². The number of methoxy groups -OCH3 is 2. The second-order valence-electron chi connectivity index (χ2n) is 6.01. The van der Waals surface area contributed by atoms with Crippen LogP contribution in [0.2, 0.25) is 5.02 Å². The van der Waals surface area contributed by atoms with Crippen molar-refractivity contribution in [2.45, 2.75) is 12.8 Å². The number of nitrogens with one attached hydrogen (secondary N) is 1. The molecule has 1 aliphatic heterocycles. The molecule has 1 aliphatic rings. The van der Waals surface area contributed by atoms with Gasteiger partial charge in [0.15, 0.2) is 0 Å². The lowest BCUT2D eigenvalue weighted by Gasteiger charge is -2.31. The predicted molar refractivity (Wildman–Crippen MR) is 100 cm³/mol. The summed E-state index contributed by atoms with van der Waals surface area (Å²) < 4.78 is 24.7. The Morgan fingerprint density at radius 2 is 2.04 bits per heavy atom. The van der Waals surface area contributed by atoms with Gasteiger partial charge in [0.25, 0.3) is 0 Å². The fourth-order valence-electron chi connectivity index (χ4n) is 3.17. The zero-order chi connectivity index (χ0) is 18.7. The second kappa shape index (κ2) is 7.83. The summed E-state index contributed by atoms with van der Waals surface area (Å²) in [7, 11) is 3.00. The van der Waals surface area contributed by atoms with E-state index in [1.807, 2.05) is 6.07 Å². The minimum atomic E-state index is -0.305. The average Bonchev–Trinajstić information content (AvgIpc) is 2.62. The number of para-hydroxylation sites is 1. The summed E-state index contributed by atoms with van der Waals surface area (Å²) in [6.07, 6.45) is 1.69. The molecule has 0 bridgehead atoms. The fourth-order valence-corrected chi connectivity index (χ4v) is 3.41. The number of hydrogen-bond donors (Lipinski definition) is 1. The Labute approximate surface area is 156 Å². The maximum absolute atomic E-state index is 14.2. The van der Waals surface area contributed by atoms with Crippen LogP contribution in [-0.2, 0) is 11.2 Å². The zero-order valence-corrected chi connectivity index (χ0v) is 15.4. The van der Waals surface area contributed by atoms with Crippen molar-refractivity contribution in [3.05, 3.63) is 46.7 Å². The molecule has 1 heterocycles. The second-order valence-corrected chi connectivity index (χ2v) is 6.42. The molecule has 138 valence electrons. The molecular weight excluding hydrogens is 359 g/mol. The van der Waals surface area contributed by atoms with Crippen LogP contribution in [0.15, 0.2) is 30.3 Å². The Hall–Kier alpha value is -2.47. The molecule has 0 atom stereocenters. The van der Waals surface area contributed by atoms with E-state index in [1.54, 1.807) is 23.1 Å². The summed E-state index contributed by atoms with van der Waals surface area (Å²) in [5, 5.41) is 3.14. The van der Waals surface area contributed by atoms with E-state index in [4.69, 9.17) is 21.1 Å². The molecule has 26 heavy (non-hydrogen) atoms. The molecule has 0 aliphatic carbocycles. The first-order valence-corrected chi connectivity index (χ1v) is 8.65. The zero-order valence-electron chi connectivity index (χ0n) is 14.6. The third-order valence-corrected chi connectivity index (χ3v) is 4.64. The van der Waals surface area contributed by atoms with Crippen LogP contribution in [0.25, 0.3) is 0 Å². The first-order chi connectivity index (χ1) is 12.5. The molecule has 0 radical (unpaired) electrons. The smallest absolute Gasteiger partial charge is 0.243 e. The van der Waals surface area contributed by atoms with Gasteiger partial charge in [-0.25, -0.2) is 4.39 Å². The number of aryl methyl sites for hydroxylation is 1. The van der Waals surface area contributed by atoms with E-state index in [2.05, 4.69) is 5.32 Å². The molecule has 0 fully saturated rings. The number of benzene rings is 2. The van der Waals surface area contributed by atoms with Crippen molar-refractivity contribution >= 4 is 28.9 Å². The van der Waals surface area contributed by atoms with Gasteiger partial charge in [-0.15, -0.1) is 0 Å². The van der Waals surface area contributed by atoms with Gasteiger partial charge in [-0.3, -0.25) is 4.79 Å². The number of hydrogen-bond acceptors (Lipinski definition) is 4. The van der Waals surface area contributed by atoms with Crippen LogP contribution in [-0.4, -0.2) is 33.2 Å². The molecule has 1 amide bonds. The Morgan fingerprint density at radius 1 is 1.27 bits per heavy atom. The first-order valence-electron chi connectivity index (χ1n) is 8.27. The number of halogens is 2. The molecule has 3 rings (SSSR count). The lowest BCUT2D eigenvalue weighted by atomic mass is 10.0. The summed E-state index contributed by atoms with van der Waals surface area (Å²) in [5.74, 6) is 0.305. The molecule has 0 spiro atoms. The molecule has 2 aromatic rings. The average molecular weight is 379 g/mol.